The molecule has 1 aromatic heterocycles. The van der Waals surface area contributed by atoms with Gasteiger partial charge in [0.1, 0.15) is 11.6 Å². The molecule has 1 heterocycles. The van der Waals surface area contributed by atoms with E-state index in [2.05, 4.69) is 10.2 Å². The van der Waals surface area contributed by atoms with Gasteiger partial charge in [0.15, 0.2) is 11.0 Å². The number of amides is 1. The summed E-state index contributed by atoms with van der Waals surface area (Å²) in [6, 6.07) is 21.7. The molecule has 0 bridgehead atoms. The van der Waals surface area contributed by atoms with Gasteiger partial charge in [-0.15, -0.1) is 10.2 Å². The lowest BCUT2D eigenvalue weighted by molar-refractivity contribution is -0.128. The summed E-state index contributed by atoms with van der Waals surface area (Å²) in [4.78, 5) is 14.5. The third-order valence-electron chi connectivity index (χ3n) is 5.41. The van der Waals surface area contributed by atoms with Crippen LogP contribution in [0.5, 0.6) is 0 Å². The minimum absolute atomic E-state index is 0.115. The smallest absolute Gasteiger partial charge is 0.233 e. The predicted octanol–water partition coefficient (Wildman–Crippen LogP) is 5.52. The van der Waals surface area contributed by atoms with E-state index in [0.29, 0.717) is 16.5 Å². The highest BCUT2D eigenvalue weighted by atomic mass is 32.2. The van der Waals surface area contributed by atoms with Crippen molar-refractivity contribution in [3.8, 4) is 17.1 Å². The first-order chi connectivity index (χ1) is 16.0. The molecule has 0 fully saturated rings. The highest BCUT2D eigenvalue weighted by Gasteiger charge is 2.22. The number of carbonyl (C=O) groups excluding carboxylic acids is 1. The lowest BCUT2D eigenvalue weighted by Gasteiger charge is -2.25. The fraction of sp³-hybridized carbons (Fsp3) is 0.160. The second kappa shape index (κ2) is 9.95. The van der Waals surface area contributed by atoms with Crippen molar-refractivity contribution < 1.29 is 13.6 Å². The fourth-order valence-electron chi connectivity index (χ4n) is 3.40. The molecule has 168 valence electrons. The van der Waals surface area contributed by atoms with Gasteiger partial charge in [-0.2, -0.15) is 0 Å². The van der Waals surface area contributed by atoms with Crippen LogP contribution in [-0.4, -0.2) is 38.4 Å². The van der Waals surface area contributed by atoms with Gasteiger partial charge in [-0.25, -0.2) is 8.78 Å². The van der Waals surface area contributed by atoms with Crippen LogP contribution in [0.4, 0.5) is 8.78 Å². The zero-order valence-electron chi connectivity index (χ0n) is 18.2. The first-order valence-electron chi connectivity index (χ1n) is 10.4. The first kappa shape index (κ1) is 22.7. The van der Waals surface area contributed by atoms with Crippen LogP contribution in [0.1, 0.15) is 18.5 Å². The van der Waals surface area contributed by atoms with E-state index in [9.17, 15) is 13.6 Å². The second-order valence-electron chi connectivity index (χ2n) is 7.48. The number of hydrogen-bond donors (Lipinski definition) is 0. The number of aromatic nitrogens is 3. The van der Waals surface area contributed by atoms with Gasteiger partial charge in [-0.1, -0.05) is 54.2 Å². The standard InChI is InChI=1S/C25H22F2N4OS/c1-17(18-12-14-19(26)15-13-18)30(2)23(32)16-33-25-29-28-24(21-10-6-7-11-22(21)27)31(25)20-8-4-3-5-9-20/h3-15,17H,16H2,1-2H3. The molecule has 0 aliphatic carbocycles. The summed E-state index contributed by atoms with van der Waals surface area (Å²) in [7, 11) is 1.71. The van der Waals surface area contributed by atoms with Gasteiger partial charge in [-0.05, 0) is 48.9 Å². The monoisotopic (exact) mass is 464 g/mol. The van der Waals surface area contributed by atoms with Crippen LogP contribution in [0.15, 0.2) is 84.0 Å². The summed E-state index contributed by atoms with van der Waals surface area (Å²) in [5.74, 6) is -0.359. The van der Waals surface area contributed by atoms with Crippen LogP contribution in [0, 0.1) is 11.6 Å². The van der Waals surface area contributed by atoms with Crippen molar-refractivity contribution in [2.45, 2.75) is 18.1 Å². The predicted molar refractivity (Wildman–Crippen MR) is 125 cm³/mol. The largest absolute Gasteiger partial charge is 0.338 e. The molecule has 4 aromatic rings. The van der Waals surface area contributed by atoms with E-state index in [1.54, 1.807) is 46.8 Å². The van der Waals surface area contributed by atoms with Crippen LogP contribution in [0.2, 0.25) is 0 Å². The Balaban J connectivity index is 1.57. The average molecular weight is 465 g/mol. The van der Waals surface area contributed by atoms with E-state index in [0.717, 1.165) is 11.3 Å². The molecule has 0 saturated heterocycles. The van der Waals surface area contributed by atoms with Crippen molar-refractivity contribution >= 4 is 17.7 Å². The summed E-state index contributed by atoms with van der Waals surface area (Å²) in [6.07, 6.45) is 0. The normalized spacial score (nSPS) is 11.9. The lowest BCUT2D eigenvalue weighted by atomic mass is 10.1. The molecule has 3 aromatic carbocycles. The second-order valence-corrected chi connectivity index (χ2v) is 8.42. The van der Waals surface area contributed by atoms with Crippen LogP contribution < -0.4 is 0 Å². The topological polar surface area (TPSA) is 51.0 Å². The molecule has 1 amide bonds. The van der Waals surface area contributed by atoms with Gasteiger partial charge < -0.3 is 4.90 Å². The number of benzene rings is 3. The quantitative estimate of drug-likeness (QED) is 0.338. The summed E-state index contributed by atoms with van der Waals surface area (Å²) in [5.41, 5.74) is 1.93. The van der Waals surface area contributed by atoms with E-state index >= 15 is 0 Å². The molecule has 0 spiro atoms. The maximum atomic E-state index is 14.5. The molecule has 5 nitrogen and oxygen atoms in total. The summed E-state index contributed by atoms with van der Waals surface area (Å²) in [6.45, 7) is 1.89. The Hall–Kier alpha value is -3.52. The number of carbonyl (C=O) groups is 1. The Morgan fingerprint density at radius 2 is 1.64 bits per heavy atom. The van der Waals surface area contributed by atoms with Crippen molar-refractivity contribution in [3.05, 3.63) is 96.1 Å². The van der Waals surface area contributed by atoms with Crippen LogP contribution in [0.25, 0.3) is 17.1 Å². The Bertz CT molecular complexity index is 1250. The van der Waals surface area contributed by atoms with Gasteiger partial charge in [0.2, 0.25) is 5.91 Å². The molecule has 1 atom stereocenters. The van der Waals surface area contributed by atoms with Gasteiger partial charge in [0.05, 0.1) is 17.4 Å². The van der Waals surface area contributed by atoms with Crippen molar-refractivity contribution in [1.82, 2.24) is 19.7 Å². The maximum absolute atomic E-state index is 14.5. The molecule has 0 N–H and O–H groups in total. The third-order valence-corrected chi connectivity index (χ3v) is 6.33. The number of hydrogen-bond acceptors (Lipinski definition) is 4. The number of nitrogens with zero attached hydrogens (tertiary/aromatic N) is 4. The van der Waals surface area contributed by atoms with Crippen molar-refractivity contribution in [3.63, 3.8) is 0 Å². The highest BCUT2D eigenvalue weighted by Crippen LogP contribution is 2.30. The Labute approximate surface area is 195 Å². The molecule has 0 radical (unpaired) electrons. The number of halogens is 2. The Morgan fingerprint density at radius 3 is 2.33 bits per heavy atom. The zero-order chi connectivity index (χ0) is 23.4. The van der Waals surface area contributed by atoms with E-state index in [-0.39, 0.29) is 23.5 Å². The van der Waals surface area contributed by atoms with Gasteiger partial charge in [0.25, 0.3) is 0 Å². The summed E-state index contributed by atoms with van der Waals surface area (Å²) < 4.78 is 29.5. The third kappa shape index (κ3) is 4.96. The molecule has 8 heteroatoms. The van der Waals surface area contributed by atoms with E-state index < -0.39 is 5.82 Å². The zero-order valence-corrected chi connectivity index (χ0v) is 19.0. The molecule has 0 aliphatic heterocycles. The fourth-order valence-corrected chi connectivity index (χ4v) is 4.27. The summed E-state index contributed by atoms with van der Waals surface area (Å²) in [5, 5.41) is 8.96. The molecule has 0 saturated carbocycles. The van der Waals surface area contributed by atoms with E-state index in [1.165, 1.54) is 30.0 Å². The van der Waals surface area contributed by atoms with Crippen LogP contribution in [0.3, 0.4) is 0 Å². The SMILES string of the molecule is CC(c1ccc(F)cc1)N(C)C(=O)CSc1nnc(-c2ccccc2F)n1-c1ccccc1. The number of thioether (sulfide) groups is 1. The van der Waals surface area contributed by atoms with Crippen LogP contribution >= 0.6 is 11.8 Å². The van der Waals surface area contributed by atoms with E-state index in [4.69, 9.17) is 0 Å². The lowest BCUT2D eigenvalue weighted by Crippen LogP contribution is -2.31. The van der Waals surface area contributed by atoms with Gasteiger partial charge >= 0.3 is 0 Å². The Kier molecular flexibility index (Phi) is 6.84. The van der Waals surface area contributed by atoms with Gasteiger partial charge in [0, 0.05) is 12.7 Å². The first-order valence-corrected chi connectivity index (χ1v) is 11.3. The van der Waals surface area contributed by atoms with Crippen molar-refractivity contribution in [1.29, 1.82) is 0 Å². The molecular weight excluding hydrogens is 442 g/mol. The number of rotatable bonds is 7. The maximum Gasteiger partial charge on any atom is 0.233 e. The minimum Gasteiger partial charge on any atom is -0.338 e. The highest BCUT2D eigenvalue weighted by molar-refractivity contribution is 7.99. The van der Waals surface area contributed by atoms with Crippen LogP contribution in [-0.2, 0) is 4.79 Å². The Morgan fingerprint density at radius 1 is 0.970 bits per heavy atom. The van der Waals surface area contributed by atoms with Gasteiger partial charge in [-0.3, -0.25) is 9.36 Å². The summed E-state index contributed by atoms with van der Waals surface area (Å²) >= 11 is 1.23. The molecule has 0 aliphatic rings. The number of para-hydroxylation sites is 1. The van der Waals surface area contributed by atoms with E-state index in [1.807, 2.05) is 37.3 Å². The minimum atomic E-state index is -0.400. The molecule has 33 heavy (non-hydrogen) atoms. The molecular formula is C25H22F2N4OS. The van der Waals surface area contributed by atoms with Crippen molar-refractivity contribution in [2.24, 2.45) is 0 Å². The average Bonchev–Trinajstić information content (AvgIpc) is 3.26. The molecule has 4 rings (SSSR count). The molecule has 1 unspecified atom stereocenters. The van der Waals surface area contributed by atoms with Crippen molar-refractivity contribution in [2.75, 3.05) is 12.8 Å².